The second kappa shape index (κ2) is 7.61. The molecule has 114 valence electrons. The predicted molar refractivity (Wildman–Crippen MR) is 81.6 cm³/mol. The topological polar surface area (TPSA) is 58.6 Å². The molecule has 20 heavy (non-hydrogen) atoms. The van der Waals surface area contributed by atoms with Gasteiger partial charge in [-0.15, -0.1) is 0 Å². The van der Waals surface area contributed by atoms with Crippen LogP contribution in [0.2, 0.25) is 0 Å². The number of hydrogen-bond donors (Lipinski definition) is 1. The van der Waals surface area contributed by atoms with Crippen LogP contribution in [0.15, 0.2) is 24.3 Å². The molecule has 1 rings (SSSR count). The van der Waals surface area contributed by atoms with E-state index in [4.69, 9.17) is 4.74 Å². The summed E-state index contributed by atoms with van der Waals surface area (Å²) in [5.41, 5.74) is 1.20. The SMILES string of the molecule is COc1cccc(C[C@@H](C)NCCN(C)S(C)(=O)=O)c1. The number of sulfonamides is 1. The van der Waals surface area contributed by atoms with Crippen LogP contribution in [0.5, 0.6) is 5.75 Å². The Morgan fingerprint density at radius 3 is 2.70 bits per heavy atom. The molecule has 0 heterocycles. The van der Waals surface area contributed by atoms with Crippen molar-refractivity contribution in [1.29, 1.82) is 0 Å². The lowest BCUT2D eigenvalue weighted by Crippen LogP contribution is -2.37. The van der Waals surface area contributed by atoms with E-state index >= 15 is 0 Å². The second-order valence-corrected chi connectivity index (χ2v) is 7.08. The number of hydrogen-bond acceptors (Lipinski definition) is 4. The third-order valence-electron chi connectivity index (χ3n) is 3.16. The molecule has 5 nitrogen and oxygen atoms in total. The van der Waals surface area contributed by atoms with Gasteiger partial charge in [0.2, 0.25) is 10.0 Å². The van der Waals surface area contributed by atoms with Gasteiger partial charge in [-0.3, -0.25) is 0 Å². The summed E-state index contributed by atoms with van der Waals surface area (Å²) in [5.74, 6) is 0.853. The van der Waals surface area contributed by atoms with E-state index < -0.39 is 10.0 Å². The second-order valence-electron chi connectivity index (χ2n) is 5.00. The lowest BCUT2D eigenvalue weighted by molar-refractivity contribution is 0.413. The maximum absolute atomic E-state index is 11.3. The summed E-state index contributed by atoms with van der Waals surface area (Å²) >= 11 is 0. The average Bonchev–Trinajstić information content (AvgIpc) is 2.37. The van der Waals surface area contributed by atoms with Crippen LogP contribution in [-0.4, -0.2) is 52.3 Å². The van der Waals surface area contributed by atoms with Crippen LogP contribution < -0.4 is 10.1 Å². The molecule has 0 aromatic heterocycles. The molecule has 1 atom stereocenters. The molecule has 1 aromatic rings. The number of rotatable bonds is 8. The maximum Gasteiger partial charge on any atom is 0.210 e. The van der Waals surface area contributed by atoms with Gasteiger partial charge < -0.3 is 10.1 Å². The fourth-order valence-electron chi connectivity index (χ4n) is 1.86. The fourth-order valence-corrected chi connectivity index (χ4v) is 2.28. The molecular weight excluding hydrogens is 276 g/mol. The first kappa shape index (κ1) is 16.9. The van der Waals surface area contributed by atoms with Crippen LogP contribution in [0.1, 0.15) is 12.5 Å². The summed E-state index contributed by atoms with van der Waals surface area (Å²) in [6.45, 7) is 3.19. The van der Waals surface area contributed by atoms with Crippen LogP contribution in [0.25, 0.3) is 0 Å². The van der Waals surface area contributed by atoms with E-state index in [2.05, 4.69) is 18.3 Å². The van der Waals surface area contributed by atoms with E-state index in [0.717, 1.165) is 12.2 Å². The van der Waals surface area contributed by atoms with Crippen molar-refractivity contribution < 1.29 is 13.2 Å². The van der Waals surface area contributed by atoms with Gasteiger partial charge in [-0.1, -0.05) is 12.1 Å². The molecule has 1 aromatic carbocycles. The Labute approximate surface area is 122 Å². The molecular formula is C14H24N2O3S. The van der Waals surface area contributed by atoms with Gasteiger partial charge in [-0.05, 0) is 31.0 Å². The summed E-state index contributed by atoms with van der Waals surface area (Å²) in [5, 5.41) is 3.32. The number of nitrogens with one attached hydrogen (secondary N) is 1. The van der Waals surface area contributed by atoms with E-state index in [0.29, 0.717) is 13.1 Å². The Morgan fingerprint density at radius 1 is 1.40 bits per heavy atom. The van der Waals surface area contributed by atoms with Crippen LogP contribution in [0.3, 0.4) is 0 Å². The zero-order chi connectivity index (χ0) is 15.2. The number of benzene rings is 1. The van der Waals surface area contributed by atoms with Crippen molar-refractivity contribution in [2.24, 2.45) is 0 Å². The van der Waals surface area contributed by atoms with Crippen LogP contribution in [0.4, 0.5) is 0 Å². The first-order valence-electron chi connectivity index (χ1n) is 6.60. The van der Waals surface area contributed by atoms with Crippen molar-refractivity contribution in [3.05, 3.63) is 29.8 Å². The Bertz CT molecular complexity index is 517. The van der Waals surface area contributed by atoms with E-state index in [9.17, 15) is 8.42 Å². The Hall–Kier alpha value is -1.11. The Balaban J connectivity index is 2.38. The van der Waals surface area contributed by atoms with Gasteiger partial charge >= 0.3 is 0 Å². The number of likely N-dealkylation sites (N-methyl/N-ethyl adjacent to an activating group) is 1. The van der Waals surface area contributed by atoms with Crippen molar-refractivity contribution in [3.63, 3.8) is 0 Å². The molecule has 0 aliphatic rings. The van der Waals surface area contributed by atoms with Crippen molar-refractivity contribution in [3.8, 4) is 5.75 Å². The average molecular weight is 300 g/mol. The summed E-state index contributed by atoms with van der Waals surface area (Å²) in [6.07, 6.45) is 2.09. The molecule has 0 amide bonds. The lowest BCUT2D eigenvalue weighted by atomic mass is 10.1. The molecule has 0 saturated heterocycles. The first-order chi connectivity index (χ1) is 9.32. The zero-order valence-electron chi connectivity index (χ0n) is 12.6. The largest absolute Gasteiger partial charge is 0.497 e. The smallest absolute Gasteiger partial charge is 0.210 e. The third-order valence-corrected chi connectivity index (χ3v) is 4.48. The summed E-state index contributed by atoms with van der Waals surface area (Å²) < 4.78 is 29.0. The zero-order valence-corrected chi connectivity index (χ0v) is 13.4. The Morgan fingerprint density at radius 2 is 2.10 bits per heavy atom. The van der Waals surface area contributed by atoms with E-state index in [1.54, 1.807) is 14.2 Å². The molecule has 0 aliphatic carbocycles. The van der Waals surface area contributed by atoms with Gasteiger partial charge in [0, 0.05) is 26.2 Å². The van der Waals surface area contributed by atoms with Gasteiger partial charge in [0.05, 0.1) is 13.4 Å². The molecule has 0 spiro atoms. The summed E-state index contributed by atoms with van der Waals surface area (Å²) in [6, 6.07) is 8.24. The van der Waals surface area contributed by atoms with Crippen molar-refractivity contribution in [2.45, 2.75) is 19.4 Å². The predicted octanol–water partition coefficient (Wildman–Crippen LogP) is 1.11. The maximum atomic E-state index is 11.3. The van der Waals surface area contributed by atoms with Gasteiger partial charge in [-0.25, -0.2) is 12.7 Å². The molecule has 0 unspecified atom stereocenters. The van der Waals surface area contributed by atoms with Crippen molar-refractivity contribution in [2.75, 3.05) is 33.5 Å². The van der Waals surface area contributed by atoms with Gasteiger partial charge in [0.25, 0.3) is 0 Å². The molecule has 0 saturated carbocycles. The van der Waals surface area contributed by atoms with Crippen LogP contribution in [0, 0.1) is 0 Å². The quantitative estimate of drug-likeness (QED) is 0.781. The van der Waals surface area contributed by atoms with Crippen molar-refractivity contribution >= 4 is 10.0 Å². The molecule has 6 heteroatoms. The first-order valence-corrected chi connectivity index (χ1v) is 8.45. The highest BCUT2D eigenvalue weighted by Crippen LogP contribution is 2.13. The normalized spacial score (nSPS) is 13.4. The minimum Gasteiger partial charge on any atom is -0.497 e. The molecule has 0 aliphatic heterocycles. The monoisotopic (exact) mass is 300 g/mol. The summed E-state index contributed by atoms with van der Waals surface area (Å²) in [7, 11) is 0.150. The van der Waals surface area contributed by atoms with Gasteiger partial charge in [0.15, 0.2) is 0 Å². The number of ether oxygens (including phenoxy) is 1. The van der Waals surface area contributed by atoms with E-state index in [-0.39, 0.29) is 6.04 Å². The van der Waals surface area contributed by atoms with E-state index in [1.165, 1.54) is 16.1 Å². The standard InChI is InChI=1S/C14H24N2O3S/c1-12(15-8-9-16(2)20(4,17)18)10-13-6-5-7-14(11-13)19-3/h5-7,11-12,15H,8-10H2,1-4H3/t12-/m1/s1. The number of nitrogens with zero attached hydrogens (tertiary/aromatic N) is 1. The third kappa shape index (κ3) is 5.90. The lowest BCUT2D eigenvalue weighted by Gasteiger charge is -2.18. The van der Waals surface area contributed by atoms with Gasteiger partial charge in [0.1, 0.15) is 5.75 Å². The molecule has 0 fully saturated rings. The fraction of sp³-hybridized carbons (Fsp3) is 0.571. The number of methoxy groups -OCH3 is 1. The van der Waals surface area contributed by atoms with Gasteiger partial charge in [-0.2, -0.15) is 0 Å². The minimum absolute atomic E-state index is 0.273. The summed E-state index contributed by atoms with van der Waals surface area (Å²) in [4.78, 5) is 0. The molecule has 1 N–H and O–H groups in total. The highest BCUT2D eigenvalue weighted by Gasteiger charge is 2.10. The molecule has 0 bridgehead atoms. The van der Waals surface area contributed by atoms with Crippen LogP contribution >= 0.6 is 0 Å². The highest BCUT2D eigenvalue weighted by molar-refractivity contribution is 7.88. The Kier molecular flexibility index (Phi) is 6.45. The highest BCUT2D eigenvalue weighted by atomic mass is 32.2. The van der Waals surface area contributed by atoms with E-state index in [1.807, 2.05) is 18.2 Å². The van der Waals surface area contributed by atoms with Crippen LogP contribution in [-0.2, 0) is 16.4 Å². The molecule has 0 radical (unpaired) electrons. The minimum atomic E-state index is -3.09. The van der Waals surface area contributed by atoms with Crippen molar-refractivity contribution in [1.82, 2.24) is 9.62 Å².